The maximum absolute atomic E-state index is 11.9. The third-order valence-electron chi connectivity index (χ3n) is 2.81. The molecule has 1 aliphatic heterocycles. The van der Waals surface area contributed by atoms with Crippen LogP contribution in [0.1, 0.15) is 18.4 Å². The molecular weight excluding hydrogens is 289 g/mol. The molecule has 108 valence electrons. The first-order valence-corrected chi connectivity index (χ1v) is 5.77. The van der Waals surface area contributed by atoms with Crippen molar-refractivity contribution >= 4 is 36.4 Å². The van der Waals surface area contributed by atoms with Gasteiger partial charge in [-0.1, -0.05) is 0 Å². The number of hydrogen-bond acceptors (Lipinski definition) is 4. The number of aryl methyl sites for hydroxylation is 1. The van der Waals surface area contributed by atoms with Crippen LogP contribution in [0, 0.1) is 6.92 Å². The number of carbonyl (C=O) groups is 1. The molecule has 7 heteroatoms. The first kappa shape index (κ1) is 18.1. The van der Waals surface area contributed by atoms with E-state index >= 15 is 0 Å². The van der Waals surface area contributed by atoms with E-state index in [9.17, 15) is 4.79 Å². The Hall–Kier alpha value is -0.880. The fraction of sp³-hybridized carbons (Fsp3) is 0.500. The summed E-state index contributed by atoms with van der Waals surface area (Å²) in [5, 5.41) is 2.80. The molecule has 1 fully saturated rings. The number of amides is 1. The highest BCUT2D eigenvalue weighted by Crippen LogP contribution is 2.20. The summed E-state index contributed by atoms with van der Waals surface area (Å²) < 4.78 is 5.52. The van der Waals surface area contributed by atoms with Gasteiger partial charge in [0.05, 0.1) is 18.0 Å². The fourth-order valence-electron chi connectivity index (χ4n) is 1.92. The predicted molar refractivity (Wildman–Crippen MR) is 79.0 cm³/mol. The van der Waals surface area contributed by atoms with E-state index in [1.54, 1.807) is 12.4 Å². The van der Waals surface area contributed by atoms with Crippen molar-refractivity contribution in [2.75, 3.05) is 11.9 Å². The molecule has 1 aliphatic rings. The Bertz CT molecular complexity index is 418. The van der Waals surface area contributed by atoms with Crippen LogP contribution in [0.5, 0.6) is 0 Å². The van der Waals surface area contributed by atoms with Crippen molar-refractivity contribution in [3.05, 3.63) is 24.0 Å². The van der Waals surface area contributed by atoms with Gasteiger partial charge in [-0.15, -0.1) is 24.8 Å². The number of ether oxygens (including phenoxy) is 1. The number of nitrogens with one attached hydrogen (secondary N) is 1. The van der Waals surface area contributed by atoms with Crippen molar-refractivity contribution in [1.82, 2.24) is 4.98 Å². The van der Waals surface area contributed by atoms with Crippen LogP contribution in [-0.2, 0) is 9.53 Å². The number of nitrogens with two attached hydrogens (primary N) is 1. The van der Waals surface area contributed by atoms with Crippen LogP contribution in [-0.4, -0.2) is 29.6 Å². The monoisotopic (exact) mass is 307 g/mol. The van der Waals surface area contributed by atoms with E-state index in [0.717, 1.165) is 18.4 Å². The second-order valence-electron chi connectivity index (χ2n) is 4.30. The van der Waals surface area contributed by atoms with E-state index in [2.05, 4.69) is 10.3 Å². The first-order chi connectivity index (χ1) is 8.19. The standard InChI is InChI=1S/C12H17N3O2.2ClH/c1-8-4-9(7-14-6-8)15-12(16)11-3-2-10(5-13)17-11;;/h4,6-7,10-11H,2-3,5,13H2,1H3,(H,15,16);2*1H/t10-,11+;;/m1../s1. The molecular formula is C12H19Cl2N3O2. The maximum Gasteiger partial charge on any atom is 0.253 e. The molecule has 19 heavy (non-hydrogen) atoms. The normalized spacial score (nSPS) is 21.2. The predicted octanol–water partition coefficient (Wildman–Crippen LogP) is 1.68. The van der Waals surface area contributed by atoms with Crippen LogP contribution in [0.15, 0.2) is 18.5 Å². The van der Waals surface area contributed by atoms with Gasteiger partial charge in [0.1, 0.15) is 6.10 Å². The molecule has 0 aromatic carbocycles. The van der Waals surface area contributed by atoms with Crippen LogP contribution in [0.3, 0.4) is 0 Å². The Labute approximate surface area is 125 Å². The highest BCUT2D eigenvalue weighted by atomic mass is 35.5. The van der Waals surface area contributed by atoms with E-state index in [-0.39, 0.29) is 42.9 Å². The number of pyridine rings is 1. The maximum atomic E-state index is 11.9. The van der Waals surface area contributed by atoms with Gasteiger partial charge >= 0.3 is 0 Å². The van der Waals surface area contributed by atoms with Gasteiger partial charge < -0.3 is 15.8 Å². The van der Waals surface area contributed by atoms with Gasteiger partial charge in [-0.2, -0.15) is 0 Å². The zero-order valence-electron chi connectivity index (χ0n) is 10.7. The second kappa shape index (κ2) is 8.32. The third-order valence-corrected chi connectivity index (χ3v) is 2.81. The average molecular weight is 308 g/mol. The van der Waals surface area contributed by atoms with Crippen molar-refractivity contribution in [1.29, 1.82) is 0 Å². The minimum atomic E-state index is -0.385. The van der Waals surface area contributed by atoms with Gasteiger partial charge in [-0.05, 0) is 31.4 Å². The van der Waals surface area contributed by atoms with Crippen LogP contribution < -0.4 is 11.1 Å². The number of hydrogen-bond donors (Lipinski definition) is 2. The van der Waals surface area contributed by atoms with Gasteiger partial charge in [0, 0.05) is 12.7 Å². The van der Waals surface area contributed by atoms with E-state index in [1.807, 2.05) is 13.0 Å². The Morgan fingerprint density at radius 3 is 2.79 bits per heavy atom. The average Bonchev–Trinajstić information content (AvgIpc) is 2.77. The minimum absolute atomic E-state index is 0. The van der Waals surface area contributed by atoms with Gasteiger partial charge in [-0.25, -0.2) is 0 Å². The van der Waals surface area contributed by atoms with Crippen LogP contribution >= 0.6 is 24.8 Å². The summed E-state index contributed by atoms with van der Waals surface area (Å²) in [4.78, 5) is 15.9. The summed E-state index contributed by atoms with van der Waals surface area (Å²) in [5.74, 6) is -0.117. The molecule has 3 N–H and O–H groups in total. The summed E-state index contributed by atoms with van der Waals surface area (Å²) in [7, 11) is 0. The van der Waals surface area contributed by atoms with Crippen molar-refractivity contribution < 1.29 is 9.53 Å². The summed E-state index contributed by atoms with van der Waals surface area (Å²) in [6.45, 7) is 2.40. The Balaban J connectivity index is 0.00000162. The molecule has 2 atom stereocenters. The summed E-state index contributed by atoms with van der Waals surface area (Å²) in [5.41, 5.74) is 7.21. The first-order valence-electron chi connectivity index (χ1n) is 5.77. The van der Waals surface area contributed by atoms with E-state index < -0.39 is 0 Å². The van der Waals surface area contributed by atoms with Gasteiger partial charge in [-0.3, -0.25) is 9.78 Å². The molecule has 1 aromatic rings. The quantitative estimate of drug-likeness (QED) is 0.890. The molecule has 1 aromatic heterocycles. The lowest BCUT2D eigenvalue weighted by Gasteiger charge is -2.12. The van der Waals surface area contributed by atoms with Crippen molar-refractivity contribution in [2.45, 2.75) is 32.0 Å². The Morgan fingerprint density at radius 1 is 1.47 bits per heavy atom. The minimum Gasteiger partial charge on any atom is -0.364 e. The molecule has 2 rings (SSSR count). The molecule has 0 saturated carbocycles. The highest BCUT2D eigenvalue weighted by Gasteiger charge is 2.29. The number of rotatable bonds is 3. The molecule has 5 nitrogen and oxygen atoms in total. The lowest BCUT2D eigenvalue weighted by Crippen LogP contribution is -2.29. The summed E-state index contributed by atoms with van der Waals surface area (Å²) in [6, 6.07) is 1.88. The zero-order valence-corrected chi connectivity index (χ0v) is 12.3. The van der Waals surface area contributed by atoms with Crippen molar-refractivity contribution in [3.8, 4) is 0 Å². The SMILES string of the molecule is Cc1cncc(NC(=O)[C@@H]2CC[C@H](CN)O2)c1.Cl.Cl. The largest absolute Gasteiger partial charge is 0.364 e. The molecule has 2 heterocycles. The topological polar surface area (TPSA) is 77.2 Å². The number of carbonyl (C=O) groups excluding carboxylic acids is 1. The summed E-state index contributed by atoms with van der Waals surface area (Å²) >= 11 is 0. The molecule has 0 spiro atoms. The Kier molecular flexibility index (Phi) is 7.94. The number of anilines is 1. The number of aromatic nitrogens is 1. The van der Waals surface area contributed by atoms with Crippen LogP contribution in [0.2, 0.25) is 0 Å². The van der Waals surface area contributed by atoms with Crippen LogP contribution in [0.4, 0.5) is 5.69 Å². The molecule has 0 radical (unpaired) electrons. The van der Waals surface area contributed by atoms with E-state index in [4.69, 9.17) is 10.5 Å². The van der Waals surface area contributed by atoms with Gasteiger partial charge in [0.2, 0.25) is 0 Å². The fourth-order valence-corrected chi connectivity index (χ4v) is 1.92. The second-order valence-corrected chi connectivity index (χ2v) is 4.30. The zero-order chi connectivity index (χ0) is 12.3. The number of halogens is 2. The number of nitrogens with zero attached hydrogens (tertiary/aromatic N) is 1. The molecule has 0 unspecified atom stereocenters. The molecule has 0 aliphatic carbocycles. The molecule has 0 bridgehead atoms. The van der Waals surface area contributed by atoms with Crippen molar-refractivity contribution in [3.63, 3.8) is 0 Å². The highest BCUT2D eigenvalue weighted by molar-refractivity contribution is 5.94. The molecule has 1 amide bonds. The smallest absolute Gasteiger partial charge is 0.253 e. The third kappa shape index (κ3) is 4.95. The Morgan fingerprint density at radius 2 is 2.21 bits per heavy atom. The van der Waals surface area contributed by atoms with E-state index in [1.165, 1.54) is 0 Å². The van der Waals surface area contributed by atoms with Gasteiger partial charge in [0.25, 0.3) is 5.91 Å². The van der Waals surface area contributed by atoms with Crippen LogP contribution in [0.25, 0.3) is 0 Å². The van der Waals surface area contributed by atoms with Crippen molar-refractivity contribution in [2.24, 2.45) is 5.73 Å². The lowest BCUT2D eigenvalue weighted by molar-refractivity contribution is -0.126. The summed E-state index contributed by atoms with van der Waals surface area (Å²) in [6.07, 6.45) is 4.57. The van der Waals surface area contributed by atoms with Gasteiger partial charge in [0.15, 0.2) is 0 Å². The molecule has 1 saturated heterocycles. The van der Waals surface area contributed by atoms with E-state index in [0.29, 0.717) is 12.2 Å². The lowest BCUT2D eigenvalue weighted by atomic mass is 10.2.